The van der Waals surface area contributed by atoms with Gasteiger partial charge in [0, 0.05) is 36.4 Å². The summed E-state index contributed by atoms with van der Waals surface area (Å²) in [4.78, 5) is 15.4. The number of carbonyl (C=O) groups is 1. The molecule has 0 radical (unpaired) electrons. The minimum atomic E-state index is -0.432. The average molecular weight is 276 g/mol. The summed E-state index contributed by atoms with van der Waals surface area (Å²) in [5.74, 6) is -0.135. The second kappa shape index (κ2) is 6.07. The maximum atomic E-state index is 12.1. The highest BCUT2D eigenvalue weighted by molar-refractivity contribution is 5.99. The standard InChI is InChI=1S/C15H20N2O3/c1-9-10(2)17-13-6-5-11(7-12(9)13)15(18)16-8-14(19-3)20-4/h5-7,14,17H,8H2,1-4H3,(H,16,18). The SMILES string of the molecule is COC(CNC(=O)c1ccc2[nH]c(C)c(C)c2c1)OC. The van der Waals surface area contributed by atoms with Gasteiger partial charge >= 0.3 is 0 Å². The van der Waals surface area contributed by atoms with Crippen molar-refractivity contribution >= 4 is 16.8 Å². The summed E-state index contributed by atoms with van der Waals surface area (Å²) < 4.78 is 10.1. The highest BCUT2D eigenvalue weighted by Gasteiger charge is 2.12. The predicted octanol–water partition coefficient (Wildman–Crippen LogP) is 2.13. The lowest BCUT2D eigenvalue weighted by Gasteiger charge is -2.14. The van der Waals surface area contributed by atoms with Crippen molar-refractivity contribution in [2.45, 2.75) is 20.1 Å². The van der Waals surface area contributed by atoms with E-state index in [2.05, 4.69) is 10.3 Å². The number of amides is 1. The van der Waals surface area contributed by atoms with Crippen molar-refractivity contribution in [3.8, 4) is 0 Å². The number of fused-ring (bicyclic) bond motifs is 1. The van der Waals surface area contributed by atoms with Crippen molar-refractivity contribution in [3.05, 3.63) is 35.0 Å². The smallest absolute Gasteiger partial charge is 0.251 e. The summed E-state index contributed by atoms with van der Waals surface area (Å²) in [5, 5.41) is 3.87. The first-order valence-corrected chi connectivity index (χ1v) is 6.49. The van der Waals surface area contributed by atoms with Gasteiger partial charge in [-0.25, -0.2) is 0 Å². The molecular formula is C15H20N2O3. The van der Waals surface area contributed by atoms with Gasteiger partial charge in [0.15, 0.2) is 6.29 Å². The normalized spacial score (nSPS) is 11.2. The Kier molecular flexibility index (Phi) is 4.42. The summed E-state index contributed by atoms with van der Waals surface area (Å²) in [6.07, 6.45) is -0.432. The summed E-state index contributed by atoms with van der Waals surface area (Å²) >= 11 is 0. The van der Waals surface area contributed by atoms with Gasteiger partial charge in [-0.05, 0) is 37.6 Å². The zero-order valence-electron chi connectivity index (χ0n) is 12.2. The fourth-order valence-corrected chi connectivity index (χ4v) is 2.14. The van der Waals surface area contributed by atoms with Crippen LogP contribution in [0, 0.1) is 13.8 Å². The van der Waals surface area contributed by atoms with Crippen molar-refractivity contribution in [1.82, 2.24) is 10.3 Å². The quantitative estimate of drug-likeness (QED) is 0.822. The van der Waals surface area contributed by atoms with E-state index in [1.165, 1.54) is 19.8 Å². The molecule has 0 atom stereocenters. The average Bonchev–Trinajstić information content (AvgIpc) is 2.74. The number of benzene rings is 1. The van der Waals surface area contributed by atoms with E-state index >= 15 is 0 Å². The van der Waals surface area contributed by atoms with E-state index < -0.39 is 6.29 Å². The van der Waals surface area contributed by atoms with Crippen LogP contribution in [-0.2, 0) is 9.47 Å². The lowest BCUT2D eigenvalue weighted by atomic mass is 10.1. The molecule has 1 aromatic heterocycles. The van der Waals surface area contributed by atoms with E-state index in [0.29, 0.717) is 12.1 Å². The Bertz CT molecular complexity index is 615. The van der Waals surface area contributed by atoms with E-state index in [-0.39, 0.29) is 5.91 Å². The Hall–Kier alpha value is -1.85. The van der Waals surface area contributed by atoms with Crippen molar-refractivity contribution in [2.24, 2.45) is 0 Å². The lowest BCUT2D eigenvalue weighted by molar-refractivity contribution is -0.0974. The third kappa shape index (κ3) is 2.84. The topological polar surface area (TPSA) is 63.3 Å². The van der Waals surface area contributed by atoms with E-state index in [9.17, 15) is 4.79 Å². The molecule has 1 amide bonds. The van der Waals surface area contributed by atoms with E-state index in [4.69, 9.17) is 9.47 Å². The second-order valence-electron chi connectivity index (χ2n) is 4.75. The van der Waals surface area contributed by atoms with Crippen LogP contribution in [0.2, 0.25) is 0 Å². The van der Waals surface area contributed by atoms with Crippen LogP contribution in [0.3, 0.4) is 0 Å². The molecule has 1 aromatic carbocycles. The molecule has 108 valence electrons. The summed E-state index contributed by atoms with van der Waals surface area (Å²) in [5.41, 5.74) is 3.96. The van der Waals surface area contributed by atoms with Crippen LogP contribution in [-0.4, -0.2) is 37.9 Å². The molecule has 0 saturated heterocycles. The van der Waals surface area contributed by atoms with Crippen molar-refractivity contribution in [3.63, 3.8) is 0 Å². The first-order chi connectivity index (χ1) is 9.56. The molecule has 0 aliphatic carbocycles. The molecule has 0 fully saturated rings. The molecule has 0 unspecified atom stereocenters. The number of rotatable bonds is 5. The molecule has 5 nitrogen and oxygen atoms in total. The molecular weight excluding hydrogens is 256 g/mol. The highest BCUT2D eigenvalue weighted by Crippen LogP contribution is 2.22. The molecule has 0 aliphatic heterocycles. The number of H-pyrrole nitrogens is 1. The number of aromatic nitrogens is 1. The van der Waals surface area contributed by atoms with Gasteiger partial charge in [-0.2, -0.15) is 0 Å². The minimum absolute atomic E-state index is 0.135. The molecule has 0 saturated carbocycles. The van der Waals surface area contributed by atoms with Crippen molar-refractivity contribution in [1.29, 1.82) is 0 Å². The Morgan fingerprint density at radius 2 is 2.00 bits per heavy atom. The molecule has 20 heavy (non-hydrogen) atoms. The van der Waals surface area contributed by atoms with Crippen LogP contribution in [0.5, 0.6) is 0 Å². The first-order valence-electron chi connectivity index (χ1n) is 6.49. The fraction of sp³-hybridized carbons (Fsp3) is 0.400. The van der Waals surface area contributed by atoms with Gasteiger partial charge in [0.05, 0.1) is 6.54 Å². The summed E-state index contributed by atoms with van der Waals surface area (Å²) in [7, 11) is 3.08. The van der Waals surface area contributed by atoms with Crippen LogP contribution < -0.4 is 5.32 Å². The molecule has 2 rings (SSSR count). The van der Waals surface area contributed by atoms with E-state index in [1.807, 2.05) is 32.0 Å². The van der Waals surface area contributed by atoms with Crippen LogP contribution in [0.15, 0.2) is 18.2 Å². The number of ether oxygens (including phenoxy) is 2. The number of nitrogens with one attached hydrogen (secondary N) is 2. The lowest BCUT2D eigenvalue weighted by Crippen LogP contribution is -2.34. The zero-order valence-corrected chi connectivity index (χ0v) is 12.2. The zero-order chi connectivity index (χ0) is 14.7. The molecule has 1 heterocycles. The van der Waals surface area contributed by atoms with Crippen molar-refractivity contribution < 1.29 is 14.3 Å². The summed E-state index contributed by atoms with van der Waals surface area (Å²) in [6, 6.07) is 5.63. The van der Waals surface area contributed by atoms with Crippen LogP contribution >= 0.6 is 0 Å². The fourth-order valence-electron chi connectivity index (χ4n) is 2.14. The van der Waals surface area contributed by atoms with Gasteiger partial charge in [-0.15, -0.1) is 0 Å². The minimum Gasteiger partial charge on any atom is -0.358 e. The number of aryl methyl sites for hydroxylation is 2. The number of hydrogen-bond donors (Lipinski definition) is 2. The molecule has 0 spiro atoms. The molecule has 0 bridgehead atoms. The van der Waals surface area contributed by atoms with Gasteiger partial charge in [0.25, 0.3) is 5.91 Å². The van der Waals surface area contributed by atoms with Crippen LogP contribution in [0.25, 0.3) is 10.9 Å². The third-order valence-corrected chi connectivity index (χ3v) is 3.53. The molecule has 5 heteroatoms. The Morgan fingerprint density at radius 1 is 1.30 bits per heavy atom. The maximum Gasteiger partial charge on any atom is 0.251 e. The first kappa shape index (κ1) is 14.6. The summed E-state index contributed by atoms with van der Waals surface area (Å²) in [6.45, 7) is 4.38. The monoisotopic (exact) mass is 276 g/mol. The van der Waals surface area contributed by atoms with Gasteiger partial charge in [-0.3, -0.25) is 4.79 Å². The number of hydrogen-bond acceptors (Lipinski definition) is 3. The predicted molar refractivity (Wildman–Crippen MR) is 77.9 cm³/mol. The van der Waals surface area contributed by atoms with Gasteiger partial charge in [0.2, 0.25) is 0 Å². The second-order valence-corrected chi connectivity index (χ2v) is 4.75. The number of methoxy groups -OCH3 is 2. The maximum absolute atomic E-state index is 12.1. The van der Waals surface area contributed by atoms with E-state index in [0.717, 1.165) is 16.6 Å². The van der Waals surface area contributed by atoms with Gasteiger partial charge < -0.3 is 19.8 Å². The molecule has 2 N–H and O–H groups in total. The highest BCUT2D eigenvalue weighted by atomic mass is 16.7. The van der Waals surface area contributed by atoms with Crippen molar-refractivity contribution in [2.75, 3.05) is 20.8 Å². The van der Waals surface area contributed by atoms with Crippen LogP contribution in [0.4, 0.5) is 0 Å². The Labute approximate surface area is 118 Å². The molecule has 2 aromatic rings. The van der Waals surface area contributed by atoms with E-state index in [1.54, 1.807) is 0 Å². The third-order valence-electron chi connectivity index (χ3n) is 3.53. The Balaban J connectivity index is 2.16. The number of carbonyl (C=O) groups excluding carboxylic acids is 1. The Morgan fingerprint density at radius 3 is 2.65 bits per heavy atom. The van der Waals surface area contributed by atoms with Gasteiger partial charge in [-0.1, -0.05) is 0 Å². The van der Waals surface area contributed by atoms with Crippen LogP contribution in [0.1, 0.15) is 21.6 Å². The van der Waals surface area contributed by atoms with Gasteiger partial charge in [0.1, 0.15) is 0 Å². The largest absolute Gasteiger partial charge is 0.358 e. The molecule has 0 aliphatic rings. The number of aromatic amines is 1.